The molecule has 0 fully saturated rings. The van der Waals surface area contributed by atoms with Crippen LogP contribution in [0.15, 0.2) is 512 Å². The molecule has 29 rings (SSSR count). The van der Waals surface area contributed by atoms with Crippen molar-refractivity contribution in [1.29, 1.82) is 0 Å². The van der Waals surface area contributed by atoms with E-state index in [2.05, 4.69) is 413 Å². The number of furan rings is 2. The van der Waals surface area contributed by atoms with Gasteiger partial charge in [-0.15, -0.1) is 11.3 Å². The molecule has 0 radical (unpaired) electrons. The largest absolute Gasteiger partial charge is 0.456 e. The molecule has 0 aliphatic carbocycles. The fourth-order valence-corrected chi connectivity index (χ4v) is 21.6. The Morgan fingerprint density at radius 1 is 0.129 bits per heavy atom. The molecule has 686 valence electrons. The van der Waals surface area contributed by atoms with Crippen LogP contribution in [0.1, 0.15) is 0 Å². The maximum atomic E-state index is 6.13. The Bertz CT molecular complexity index is 10200. The zero-order valence-corrected chi connectivity index (χ0v) is 80.0. The van der Waals surface area contributed by atoms with E-state index in [4.69, 9.17) is 53.7 Å². The van der Waals surface area contributed by atoms with Crippen LogP contribution in [0.3, 0.4) is 0 Å². The smallest absolute Gasteiger partial charge is 0.164 e. The number of fused-ring (bicyclic) bond motifs is 15. The van der Waals surface area contributed by atoms with Gasteiger partial charge in [-0.05, 0) is 223 Å². The molecule has 147 heavy (non-hydrogen) atoms. The molecule has 6 heterocycles. The monoisotopic (exact) mass is 1890 g/mol. The Hall–Kier alpha value is -19.5. The first-order chi connectivity index (χ1) is 72.7. The third-order valence-electron chi connectivity index (χ3n) is 27.9. The van der Waals surface area contributed by atoms with Gasteiger partial charge in [0, 0.05) is 91.8 Å². The second-order valence-corrected chi connectivity index (χ2v) is 38.1. The quantitative estimate of drug-likeness (QED) is 0.103. The highest BCUT2D eigenvalue weighted by Gasteiger charge is 2.24. The average molecular weight is 1900 g/mol. The number of rotatable bonds is 14. The molecule has 6 aromatic heterocycles. The van der Waals surface area contributed by atoms with E-state index in [1.807, 2.05) is 102 Å². The van der Waals surface area contributed by atoms with Crippen LogP contribution >= 0.6 is 11.3 Å². The maximum Gasteiger partial charge on any atom is 0.164 e. The SMILES string of the molecule is c1ccc(-c2ccc(-c3nc(-c4ccc5ccccc5c4)nc(-c4ccc5sc6cccc(-c7ccc8ccc(-c9ccccc9)cc8c7)c6c5c4)n3)cc2)cc1.c1ccc(-c2nc(-c3ccc4ccccc4c3)nc(-c3cc(-c4ccc5oc6ccccc6c5c4)c4ccccc4c3)n2)cc1.c1ccc(-c2nc(-c3ccc4ccccc4c3)nc(-c3cccc4c(-c5ccc6oc7ccccc7c6c5)cccc34)n2)cc1. The minimum Gasteiger partial charge on any atom is -0.456 e. The molecule has 0 aliphatic heterocycles. The van der Waals surface area contributed by atoms with E-state index in [0.29, 0.717) is 52.4 Å². The summed E-state index contributed by atoms with van der Waals surface area (Å²) < 4.78 is 14.7. The van der Waals surface area contributed by atoms with E-state index >= 15 is 0 Å². The summed E-state index contributed by atoms with van der Waals surface area (Å²) in [6.45, 7) is 0. The summed E-state index contributed by atoms with van der Waals surface area (Å²) >= 11 is 1.83. The van der Waals surface area contributed by atoms with E-state index in [0.717, 1.165) is 154 Å². The Morgan fingerprint density at radius 2 is 0.429 bits per heavy atom. The Balaban J connectivity index is 0.000000110. The van der Waals surface area contributed by atoms with Crippen molar-refractivity contribution in [3.8, 4) is 158 Å². The zero-order chi connectivity index (χ0) is 97.2. The van der Waals surface area contributed by atoms with E-state index in [1.54, 1.807) is 0 Å². The standard InChI is InChI=1S/C53H33N3S.2C41H25N3O/c1-3-10-34(11-4-1)37-18-23-39(24-19-37)51-54-52(43-27-22-36-14-7-8-15-40(36)30-43)56-53(55-51)44-28-29-48-47(33-44)50-46(16-9-17-49(50)57-48)42-26-21-38-20-25-41(31-45(38)32-42)35-12-5-2-6-13-35;1-2-11-27(12-3-1)39-42-40(30-21-20-26-10-4-5-13-28(26)24-30)44-41(43-39)35-18-9-16-32-31(15-8-17-33(32)35)29-22-23-38-36(25-29)34-14-6-7-19-37(34)45-38;1-2-11-27(12-3-1)39-42-40(31-19-18-26-10-4-5-13-28(26)22-31)44-41(43-39)32-23-29-14-6-7-15-33(29)35(25-32)30-20-21-38-36(24-30)34-16-8-9-17-37(34)45-38/h1-33H;2*1-25H. The van der Waals surface area contributed by atoms with Gasteiger partial charge >= 0.3 is 0 Å². The molecular weight excluding hydrogens is 1810 g/mol. The Labute approximate surface area is 849 Å². The average Bonchev–Trinajstić information content (AvgIpc) is 1.72. The number of thiophene rings is 1. The third kappa shape index (κ3) is 16.7. The number of benzene rings is 23. The first kappa shape index (κ1) is 86.6. The first-order valence-corrected chi connectivity index (χ1v) is 50.0. The summed E-state index contributed by atoms with van der Waals surface area (Å²) in [6.07, 6.45) is 0. The predicted octanol–water partition coefficient (Wildman–Crippen LogP) is 36.0. The maximum absolute atomic E-state index is 6.13. The molecule has 12 heteroatoms. The van der Waals surface area contributed by atoms with Crippen molar-refractivity contribution in [2.24, 2.45) is 0 Å². The fourth-order valence-electron chi connectivity index (χ4n) is 20.5. The van der Waals surface area contributed by atoms with Crippen LogP contribution in [0, 0.1) is 0 Å². The fraction of sp³-hybridized carbons (Fsp3) is 0. The van der Waals surface area contributed by atoms with Gasteiger partial charge in [-0.25, -0.2) is 44.9 Å². The molecular formula is C135H83N9O2S. The number of nitrogens with zero attached hydrogens (tertiary/aromatic N) is 9. The molecule has 11 nitrogen and oxygen atoms in total. The third-order valence-corrected chi connectivity index (χ3v) is 29.0. The molecule has 0 saturated heterocycles. The van der Waals surface area contributed by atoms with E-state index in [1.165, 1.54) is 80.3 Å². The van der Waals surface area contributed by atoms with Crippen LogP contribution < -0.4 is 0 Å². The van der Waals surface area contributed by atoms with Crippen LogP contribution in [0.25, 0.3) is 287 Å². The van der Waals surface area contributed by atoms with Crippen molar-refractivity contribution in [3.05, 3.63) is 504 Å². The van der Waals surface area contributed by atoms with Gasteiger partial charge in [0.05, 0.1) is 0 Å². The van der Waals surface area contributed by atoms with E-state index in [9.17, 15) is 0 Å². The lowest BCUT2D eigenvalue weighted by atomic mass is 9.94. The molecule has 0 spiro atoms. The predicted molar refractivity (Wildman–Crippen MR) is 608 cm³/mol. The van der Waals surface area contributed by atoms with Gasteiger partial charge in [0.2, 0.25) is 0 Å². The highest BCUT2D eigenvalue weighted by molar-refractivity contribution is 7.26. The molecule has 0 unspecified atom stereocenters. The van der Waals surface area contributed by atoms with Crippen molar-refractivity contribution in [2.45, 2.75) is 0 Å². The van der Waals surface area contributed by atoms with Gasteiger partial charge in [-0.1, -0.05) is 400 Å². The van der Waals surface area contributed by atoms with Crippen molar-refractivity contribution in [3.63, 3.8) is 0 Å². The normalized spacial score (nSPS) is 11.5. The molecule has 29 aromatic rings. The lowest BCUT2D eigenvalue weighted by Gasteiger charge is -2.13. The summed E-state index contributed by atoms with van der Waals surface area (Å²) in [6, 6.07) is 176. The van der Waals surface area contributed by atoms with Crippen LogP contribution in [0.5, 0.6) is 0 Å². The number of para-hydroxylation sites is 2. The van der Waals surface area contributed by atoms with Crippen LogP contribution in [0.2, 0.25) is 0 Å². The van der Waals surface area contributed by atoms with Gasteiger partial charge < -0.3 is 8.83 Å². The van der Waals surface area contributed by atoms with E-state index in [-0.39, 0.29) is 0 Å². The first-order valence-electron chi connectivity index (χ1n) is 49.2. The zero-order valence-electron chi connectivity index (χ0n) is 79.2. The van der Waals surface area contributed by atoms with Gasteiger partial charge in [0.15, 0.2) is 52.4 Å². The topological polar surface area (TPSA) is 142 Å². The number of hydrogen-bond acceptors (Lipinski definition) is 12. The molecule has 0 aliphatic rings. The van der Waals surface area contributed by atoms with Crippen LogP contribution in [-0.4, -0.2) is 44.9 Å². The van der Waals surface area contributed by atoms with Gasteiger partial charge in [0.1, 0.15) is 22.3 Å². The summed E-state index contributed by atoms with van der Waals surface area (Å²) in [5.41, 5.74) is 23.8. The molecule has 23 aromatic carbocycles. The van der Waals surface area contributed by atoms with Crippen LogP contribution in [-0.2, 0) is 0 Å². The lowest BCUT2D eigenvalue weighted by Crippen LogP contribution is -2.00. The summed E-state index contributed by atoms with van der Waals surface area (Å²) in [7, 11) is 0. The minimum atomic E-state index is 0.633. The second-order valence-electron chi connectivity index (χ2n) is 37.0. The number of hydrogen-bond donors (Lipinski definition) is 0. The van der Waals surface area contributed by atoms with Crippen molar-refractivity contribution >= 4 is 140 Å². The highest BCUT2D eigenvalue weighted by atomic mass is 32.1. The molecule has 0 atom stereocenters. The summed E-state index contributed by atoms with van der Waals surface area (Å²) in [4.78, 5) is 45.7. The van der Waals surface area contributed by atoms with Crippen molar-refractivity contribution < 1.29 is 8.83 Å². The molecule has 0 saturated carbocycles. The van der Waals surface area contributed by atoms with Crippen molar-refractivity contribution in [2.75, 3.05) is 0 Å². The molecule has 0 amide bonds. The van der Waals surface area contributed by atoms with Gasteiger partial charge in [0.25, 0.3) is 0 Å². The lowest BCUT2D eigenvalue weighted by molar-refractivity contribution is 0.668. The van der Waals surface area contributed by atoms with E-state index < -0.39 is 0 Å². The minimum absolute atomic E-state index is 0.633. The summed E-state index contributed by atoms with van der Waals surface area (Å²) in [5.74, 6) is 5.80. The Morgan fingerprint density at radius 3 is 0.952 bits per heavy atom. The number of aromatic nitrogens is 9. The molecule has 0 bridgehead atoms. The van der Waals surface area contributed by atoms with Gasteiger partial charge in [-0.2, -0.15) is 0 Å². The summed E-state index contributed by atoms with van der Waals surface area (Å²) in [5, 5.41) is 20.8. The Kier molecular flexibility index (Phi) is 21.9. The van der Waals surface area contributed by atoms with Crippen LogP contribution in [0.4, 0.5) is 0 Å². The van der Waals surface area contributed by atoms with Gasteiger partial charge in [-0.3, -0.25) is 0 Å². The molecule has 0 N–H and O–H groups in total. The van der Waals surface area contributed by atoms with Crippen molar-refractivity contribution in [1.82, 2.24) is 44.9 Å². The second kappa shape index (κ2) is 37.2. The highest BCUT2D eigenvalue weighted by Crippen LogP contribution is 2.46.